The number of benzene rings is 1. The van der Waals surface area contributed by atoms with Gasteiger partial charge in [-0.2, -0.15) is 0 Å². The molecule has 8 heteroatoms. The summed E-state index contributed by atoms with van der Waals surface area (Å²) in [6.45, 7) is 2.53. The molecular formula is C12H22N4O3S. The van der Waals surface area contributed by atoms with Gasteiger partial charge in [-0.25, -0.2) is 13.6 Å². The monoisotopic (exact) mass is 302 g/mol. The van der Waals surface area contributed by atoms with Crippen LogP contribution in [0.25, 0.3) is 0 Å². The van der Waals surface area contributed by atoms with Crippen LogP contribution in [0.15, 0.2) is 23.1 Å². The summed E-state index contributed by atoms with van der Waals surface area (Å²) in [6.07, 6.45) is 0. The minimum Gasteiger partial charge on any atom is -0.396 e. The molecule has 1 rings (SSSR count). The number of primary sulfonamides is 1. The molecule has 5 N–H and O–H groups in total. The SMILES string of the molecule is CN(C)CCOCCNc1cccc(S(N)(=O)=O)c1N. The Bertz CT molecular complexity index is 532. The Hall–Kier alpha value is -1.35. The zero-order valence-corrected chi connectivity index (χ0v) is 12.6. The van der Waals surface area contributed by atoms with Gasteiger partial charge in [-0.15, -0.1) is 0 Å². The third kappa shape index (κ3) is 5.33. The number of para-hydroxylation sites is 1. The van der Waals surface area contributed by atoms with Crippen molar-refractivity contribution in [2.24, 2.45) is 5.14 Å². The lowest BCUT2D eigenvalue weighted by Gasteiger charge is -2.13. The molecule has 0 aliphatic rings. The molecule has 1 aromatic carbocycles. The number of ether oxygens (including phenoxy) is 1. The van der Waals surface area contributed by atoms with Crippen LogP contribution < -0.4 is 16.2 Å². The summed E-state index contributed by atoms with van der Waals surface area (Å²) in [5.41, 5.74) is 6.44. The summed E-state index contributed by atoms with van der Waals surface area (Å²) in [5, 5.41) is 8.11. The van der Waals surface area contributed by atoms with E-state index >= 15 is 0 Å². The minimum absolute atomic E-state index is 0.0731. The van der Waals surface area contributed by atoms with Gasteiger partial charge in [0.25, 0.3) is 0 Å². The Labute approximate surface area is 119 Å². The van der Waals surface area contributed by atoms with Crippen LogP contribution in [-0.2, 0) is 14.8 Å². The van der Waals surface area contributed by atoms with E-state index in [1.54, 1.807) is 12.1 Å². The predicted molar refractivity (Wildman–Crippen MR) is 80.1 cm³/mol. The first-order valence-electron chi connectivity index (χ1n) is 6.20. The van der Waals surface area contributed by atoms with Crippen molar-refractivity contribution in [3.8, 4) is 0 Å². The summed E-state index contributed by atoms with van der Waals surface area (Å²) in [7, 11) is 0.140. The van der Waals surface area contributed by atoms with Gasteiger partial charge in [0.1, 0.15) is 4.90 Å². The highest BCUT2D eigenvalue weighted by Gasteiger charge is 2.14. The lowest BCUT2D eigenvalue weighted by molar-refractivity contribution is 0.126. The molecule has 0 bridgehead atoms. The first kappa shape index (κ1) is 16.7. The molecule has 114 valence electrons. The van der Waals surface area contributed by atoms with Crippen LogP contribution in [0, 0.1) is 0 Å². The maximum Gasteiger partial charge on any atom is 0.240 e. The number of nitrogens with two attached hydrogens (primary N) is 2. The number of nitrogen functional groups attached to an aromatic ring is 1. The zero-order valence-electron chi connectivity index (χ0n) is 11.8. The van der Waals surface area contributed by atoms with E-state index in [9.17, 15) is 8.42 Å². The average molecular weight is 302 g/mol. The third-order valence-corrected chi connectivity index (χ3v) is 3.59. The van der Waals surface area contributed by atoms with Gasteiger partial charge in [0.2, 0.25) is 10.0 Å². The molecule has 0 radical (unpaired) electrons. The maximum atomic E-state index is 11.3. The van der Waals surface area contributed by atoms with Crippen LogP contribution in [0.3, 0.4) is 0 Å². The number of anilines is 2. The van der Waals surface area contributed by atoms with Gasteiger partial charge in [0.15, 0.2) is 0 Å². The summed E-state index contributed by atoms with van der Waals surface area (Å²) in [5.74, 6) is 0. The van der Waals surface area contributed by atoms with E-state index < -0.39 is 10.0 Å². The Morgan fingerprint density at radius 2 is 2.00 bits per heavy atom. The quantitative estimate of drug-likeness (QED) is 0.457. The molecule has 0 amide bonds. The fraction of sp³-hybridized carbons (Fsp3) is 0.500. The Balaban J connectivity index is 2.49. The Morgan fingerprint density at radius 1 is 1.30 bits per heavy atom. The molecule has 0 aromatic heterocycles. The average Bonchev–Trinajstić information content (AvgIpc) is 2.33. The number of nitrogens with one attached hydrogen (secondary N) is 1. The fourth-order valence-corrected chi connectivity index (χ4v) is 2.24. The molecule has 0 saturated heterocycles. The molecule has 0 heterocycles. The highest BCUT2D eigenvalue weighted by Crippen LogP contribution is 2.25. The first-order valence-corrected chi connectivity index (χ1v) is 7.74. The van der Waals surface area contributed by atoms with Crippen molar-refractivity contribution >= 4 is 21.4 Å². The summed E-state index contributed by atoms with van der Waals surface area (Å²) >= 11 is 0. The molecule has 0 atom stereocenters. The van der Waals surface area contributed by atoms with Gasteiger partial charge in [-0.05, 0) is 26.2 Å². The zero-order chi connectivity index (χ0) is 15.2. The second-order valence-electron chi connectivity index (χ2n) is 4.60. The van der Waals surface area contributed by atoms with Crippen molar-refractivity contribution in [3.63, 3.8) is 0 Å². The molecule has 7 nitrogen and oxygen atoms in total. The Morgan fingerprint density at radius 3 is 2.60 bits per heavy atom. The maximum absolute atomic E-state index is 11.3. The third-order valence-electron chi connectivity index (χ3n) is 2.62. The predicted octanol–water partition coefficient (Wildman–Crippen LogP) is -0.0937. The number of rotatable bonds is 8. The van der Waals surface area contributed by atoms with Crippen molar-refractivity contribution in [1.29, 1.82) is 0 Å². The van der Waals surface area contributed by atoms with Crippen LogP contribution in [-0.4, -0.2) is 53.7 Å². The molecule has 0 aliphatic carbocycles. The van der Waals surface area contributed by atoms with Crippen molar-refractivity contribution in [2.75, 3.05) is 51.4 Å². The molecule has 1 aromatic rings. The fourth-order valence-electron chi connectivity index (χ4n) is 1.55. The number of likely N-dealkylation sites (N-methyl/N-ethyl adjacent to an activating group) is 1. The van der Waals surface area contributed by atoms with Gasteiger partial charge in [-0.3, -0.25) is 0 Å². The normalized spacial score (nSPS) is 11.8. The summed E-state index contributed by atoms with van der Waals surface area (Å²) in [4.78, 5) is 1.96. The van der Waals surface area contributed by atoms with Gasteiger partial charge in [0.05, 0.1) is 24.6 Å². The topological polar surface area (TPSA) is 111 Å². The Kier molecular flexibility index (Phi) is 6.21. The van der Waals surface area contributed by atoms with Gasteiger partial charge in [-0.1, -0.05) is 6.07 Å². The molecule has 0 aliphatic heterocycles. The number of hydrogen-bond acceptors (Lipinski definition) is 6. The van der Waals surface area contributed by atoms with Crippen LogP contribution in [0.1, 0.15) is 0 Å². The number of hydrogen-bond donors (Lipinski definition) is 3. The lowest BCUT2D eigenvalue weighted by Crippen LogP contribution is -2.20. The summed E-state index contributed by atoms with van der Waals surface area (Å²) < 4.78 is 28.1. The highest BCUT2D eigenvalue weighted by atomic mass is 32.2. The van der Waals surface area contributed by atoms with Crippen LogP contribution in [0.2, 0.25) is 0 Å². The molecule has 0 spiro atoms. The molecule has 0 saturated carbocycles. The van der Waals surface area contributed by atoms with Crippen molar-refractivity contribution in [1.82, 2.24) is 4.90 Å². The molecule has 0 fully saturated rings. The van der Waals surface area contributed by atoms with Crippen LogP contribution in [0.5, 0.6) is 0 Å². The number of nitrogens with zero attached hydrogens (tertiary/aromatic N) is 1. The highest BCUT2D eigenvalue weighted by molar-refractivity contribution is 7.89. The van der Waals surface area contributed by atoms with Crippen molar-refractivity contribution in [3.05, 3.63) is 18.2 Å². The minimum atomic E-state index is -3.81. The van der Waals surface area contributed by atoms with E-state index in [2.05, 4.69) is 5.32 Å². The van der Waals surface area contributed by atoms with E-state index in [0.29, 0.717) is 25.4 Å². The van der Waals surface area contributed by atoms with E-state index in [0.717, 1.165) is 6.54 Å². The van der Waals surface area contributed by atoms with Gasteiger partial charge in [0, 0.05) is 13.1 Å². The molecular weight excluding hydrogens is 280 g/mol. The van der Waals surface area contributed by atoms with E-state index in [-0.39, 0.29) is 10.6 Å². The van der Waals surface area contributed by atoms with Crippen LogP contribution in [0.4, 0.5) is 11.4 Å². The van der Waals surface area contributed by atoms with Gasteiger partial charge < -0.3 is 20.7 Å². The number of sulfonamides is 1. The van der Waals surface area contributed by atoms with Crippen molar-refractivity contribution in [2.45, 2.75) is 4.90 Å². The largest absolute Gasteiger partial charge is 0.396 e. The first-order chi connectivity index (χ1) is 9.32. The van der Waals surface area contributed by atoms with Crippen molar-refractivity contribution < 1.29 is 13.2 Å². The lowest BCUT2D eigenvalue weighted by atomic mass is 10.2. The van der Waals surface area contributed by atoms with Gasteiger partial charge >= 0.3 is 0 Å². The van der Waals surface area contributed by atoms with E-state index in [4.69, 9.17) is 15.6 Å². The second-order valence-corrected chi connectivity index (χ2v) is 6.13. The smallest absolute Gasteiger partial charge is 0.240 e. The molecule has 0 unspecified atom stereocenters. The standard InChI is InChI=1S/C12H22N4O3S/c1-16(2)7-9-19-8-6-15-10-4-3-5-11(12(10)13)20(14,17)18/h3-5,15H,6-9,13H2,1-2H3,(H2,14,17,18). The van der Waals surface area contributed by atoms with E-state index in [1.165, 1.54) is 6.07 Å². The second kappa shape index (κ2) is 7.44. The summed E-state index contributed by atoms with van der Waals surface area (Å²) in [6, 6.07) is 4.67. The van der Waals surface area contributed by atoms with E-state index in [1.807, 2.05) is 19.0 Å². The van der Waals surface area contributed by atoms with Crippen LogP contribution >= 0.6 is 0 Å². The molecule has 20 heavy (non-hydrogen) atoms.